The highest BCUT2D eigenvalue weighted by Gasteiger charge is 2.30. The van der Waals surface area contributed by atoms with Crippen LogP contribution in [0, 0.1) is 10.1 Å². The lowest BCUT2D eigenvalue weighted by Crippen LogP contribution is -2.29. The van der Waals surface area contributed by atoms with Gasteiger partial charge < -0.3 is 10.1 Å². The minimum atomic E-state index is -4.56. The lowest BCUT2D eigenvalue weighted by atomic mass is 10.2. The maximum atomic E-state index is 12.7. The fourth-order valence-electron chi connectivity index (χ4n) is 2.19. The van der Waals surface area contributed by atoms with Gasteiger partial charge in [0.2, 0.25) is 0 Å². The SMILES string of the molecule is C[C@@H](OC(=O)/C=C/c1cccc([N+](=O)[O-])c1)C(=O)Nc1cccc(C(F)(F)F)c1. The normalized spacial score (nSPS) is 12.4. The number of nitro groups is 1. The molecule has 2 aromatic carbocycles. The number of hydrogen-bond acceptors (Lipinski definition) is 5. The predicted octanol–water partition coefficient (Wildman–Crippen LogP) is 4.20. The number of carbonyl (C=O) groups excluding carboxylic acids is 2. The van der Waals surface area contributed by atoms with Gasteiger partial charge in [-0.15, -0.1) is 0 Å². The molecule has 0 aliphatic carbocycles. The number of benzene rings is 2. The van der Waals surface area contributed by atoms with E-state index in [9.17, 15) is 32.9 Å². The maximum absolute atomic E-state index is 12.7. The summed E-state index contributed by atoms with van der Waals surface area (Å²) in [5.41, 5.74) is -0.814. The Morgan fingerprint density at radius 1 is 1.17 bits per heavy atom. The van der Waals surface area contributed by atoms with Crippen LogP contribution in [0.5, 0.6) is 0 Å². The van der Waals surface area contributed by atoms with E-state index in [0.29, 0.717) is 5.56 Å². The van der Waals surface area contributed by atoms with Crippen molar-refractivity contribution in [2.75, 3.05) is 5.32 Å². The second kappa shape index (κ2) is 9.00. The molecule has 0 unspecified atom stereocenters. The molecule has 0 heterocycles. The number of rotatable bonds is 6. The topological polar surface area (TPSA) is 98.5 Å². The Morgan fingerprint density at radius 3 is 2.52 bits per heavy atom. The Balaban J connectivity index is 1.96. The Hall–Kier alpha value is -3.69. The quantitative estimate of drug-likeness (QED) is 0.334. The van der Waals surface area contributed by atoms with E-state index in [0.717, 1.165) is 24.3 Å². The number of carbonyl (C=O) groups is 2. The van der Waals surface area contributed by atoms with Crippen molar-refractivity contribution in [3.8, 4) is 0 Å². The molecule has 1 N–H and O–H groups in total. The monoisotopic (exact) mass is 408 g/mol. The molecule has 0 bridgehead atoms. The van der Waals surface area contributed by atoms with Crippen molar-refractivity contribution in [2.45, 2.75) is 19.2 Å². The molecule has 0 saturated carbocycles. The number of esters is 1. The van der Waals surface area contributed by atoms with Gasteiger partial charge >= 0.3 is 12.1 Å². The zero-order chi connectivity index (χ0) is 21.6. The van der Waals surface area contributed by atoms with Crippen LogP contribution in [0.3, 0.4) is 0 Å². The Morgan fingerprint density at radius 2 is 1.86 bits per heavy atom. The van der Waals surface area contributed by atoms with Crippen LogP contribution >= 0.6 is 0 Å². The van der Waals surface area contributed by atoms with Gasteiger partial charge in [0.25, 0.3) is 11.6 Å². The lowest BCUT2D eigenvalue weighted by Gasteiger charge is -2.13. The van der Waals surface area contributed by atoms with E-state index in [4.69, 9.17) is 4.74 Å². The van der Waals surface area contributed by atoms with Crippen LogP contribution < -0.4 is 5.32 Å². The van der Waals surface area contributed by atoms with Crippen LogP contribution in [0.25, 0.3) is 6.08 Å². The molecule has 1 atom stereocenters. The number of hydrogen-bond donors (Lipinski definition) is 1. The van der Waals surface area contributed by atoms with Crippen molar-refractivity contribution in [3.05, 3.63) is 75.8 Å². The Kier molecular flexibility index (Phi) is 6.71. The highest BCUT2D eigenvalue weighted by molar-refractivity contribution is 5.96. The first-order valence-corrected chi connectivity index (χ1v) is 8.17. The lowest BCUT2D eigenvalue weighted by molar-refractivity contribution is -0.384. The fraction of sp³-hybridized carbons (Fsp3) is 0.158. The number of alkyl halides is 3. The Labute approximate surface area is 162 Å². The molecule has 0 aliphatic rings. The molecule has 2 aromatic rings. The largest absolute Gasteiger partial charge is 0.449 e. The molecule has 10 heteroatoms. The third kappa shape index (κ3) is 6.45. The van der Waals surface area contributed by atoms with Gasteiger partial charge in [0.15, 0.2) is 6.10 Å². The number of nitrogens with zero attached hydrogens (tertiary/aromatic N) is 1. The van der Waals surface area contributed by atoms with E-state index in [1.165, 1.54) is 43.3 Å². The number of nitro benzene ring substituents is 1. The molecule has 0 fully saturated rings. The minimum Gasteiger partial charge on any atom is -0.449 e. The van der Waals surface area contributed by atoms with Gasteiger partial charge in [-0.1, -0.05) is 18.2 Å². The molecule has 152 valence electrons. The predicted molar refractivity (Wildman–Crippen MR) is 97.8 cm³/mol. The summed E-state index contributed by atoms with van der Waals surface area (Å²) in [4.78, 5) is 34.0. The molecule has 0 aliphatic heterocycles. The first kappa shape index (κ1) is 21.6. The van der Waals surface area contributed by atoms with Crippen LogP contribution in [0.4, 0.5) is 24.5 Å². The van der Waals surface area contributed by atoms with Crippen molar-refractivity contribution in [3.63, 3.8) is 0 Å². The zero-order valence-corrected chi connectivity index (χ0v) is 15.0. The van der Waals surface area contributed by atoms with Gasteiger partial charge in [-0.2, -0.15) is 13.2 Å². The summed E-state index contributed by atoms with van der Waals surface area (Å²) in [6.07, 6.45) is -3.59. The molecular formula is C19H15F3N2O5. The zero-order valence-electron chi connectivity index (χ0n) is 15.0. The van der Waals surface area contributed by atoms with Crippen LogP contribution in [0.2, 0.25) is 0 Å². The van der Waals surface area contributed by atoms with Gasteiger partial charge in [0.1, 0.15) is 0 Å². The van der Waals surface area contributed by atoms with E-state index < -0.39 is 34.6 Å². The van der Waals surface area contributed by atoms with Crippen LogP contribution in [-0.2, 0) is 20.5 Å². The first-order valence-electron chi connectivity index (χ1n) is 8.17. The van der Waals surface area contributed by atoms with E-state index in [1.807, 2.05) is 0 Å². The highest BCUT2D eigenvalue weighted by Crippen LogP contribution is 2.30. The minimum absolute atomic E-state index is 0.0974. The highest BCUT2D eigenvalue weighted by atomic mass is 19.4. The smallest absolute Gasteiger partial charge is 0.416 e. The molecule has 0 aromatic heterocycles. The van der Waals surface area contributed by atoms with E-state index >= 15 is 0 Å². The molecule has 0 saturated heterocycles. The fourth-order valence-corrected chi connectivity index (χ4v) is 2.19. The average molecular weight is 408 g/mol. The summed E-state index contributed by atoms with van der Waals surface area (Å²) < 4.78 is 43.0. The summed E-state index contributed by atoms with van der Waals surface area (Å²) in [6.45, 7) is 1.25. The van der Waals surface area contributed by atoms with Crippen molar-refractivity contribution < 1.29 is 32.4 Å². The number of nitrogens with one attached hydrogen (secondary N) is 1. The number of ether oxygens (including phenoxy) is 1. The van der Waals surface area contributed by atoms with E-state index in [2.05, 4.69) is 5.32 Å². The van der Waals surface area contributed by atoms with Gasteiger partial charge in [0.05, 0.1) is 10.5 Å². The second-order valence-electron chi connectivity index (χ2n) is 5.83. The van der Waals surface area contributed by atoms with Crippen molar-refractivity contribution in [2.24, 2.45) is 0 Å². The molecular weight excluding hydrogens is 393 g/mol. The van der Waals surface area contributed by atoms with Gasteiger partial charge in [0, 0.05) is 23.9 Å². The maximum Gasteiger partial charge on any atom is 0.416 e. The van der Waals surface area contributed by atoms with Gasteiger partial charge in [-0.25, -0.2) is 4.79 Å². The number of non-ortho nitro benzene ring substituents is 1. The average Bonchev–Trinajstić information content (AvgIpc) is 2.66. The second-order valence-corrected chi connectivity index (χ2v) is 5.83. The summed E-state index contributed by atoms with van der Waals surface area (Å²) in [5.74, 6) is -1.72. The van der Waals surface area contributed by atoms with Crippen molar-refractivity contribution >= 4 is 29.3 Å². The van der Waals surface area contributed by atoms with Crippen LogP contribution in [0.1, 0.15) is 18.1 Å². The van der Waals surface area contributed by atoms with Gasteiger partial charge in [-0.3, -0.25) is 14.9 Å². The van der Waals surface area contributed by atoms with E-state index in [1.54, 1.807) is 0 Å². The molecule has 29 heavy (non-hydrogen) atoms. The van der Waals surface area contributed by atoms with E-state index in [-0.39, 0.29) is 11.4 Å². The number of amides is 1. The van der Waals surface area contributed by atoms with Crippen LogP contribution in [0.15, 0.2) is 54.6 Å². The first-order chi connectivity index (χ1) is 13.6. The van der Waals surface area contributed by atoms with Crippen molar-refractivity contribution in [1.29, 1.82) is 0 Å². The van der Waals surface area contributed by atoms with Gasteiger partial charge in [-0.05, 0) is 36.8 Å². The summed E-state index contributed by atoms with van der Waals surface area (Å²) in [6, 6.07) is 9.52. The molecule has 2 rings (SSSR count). The number of halogens is 3. The Bertz CT molecular complexity index is 957. The molecule has 7 nitrogen and oxygen atoms in total. The summed E-state index contributed by atoms with van der Waals surface area (Å²) >= 11 is 0. The summed E-state index contributed by atoms with van der Waals surface area (Å²) in [7, 11) is 0. The van der Waals surface area contributed by atoms with Crippen LogP contribution in [-0.4, -0.2) is 22.9 Å². The third-order valence-corrected chi connectivity index (χ3v) is 3.61. The molecule has 1 amide bonds. The molecule has 0 radical (unpaired) electrons. The number of anilines is 1. The van der Waals surface area contributed by atoms with Crippen molar-refractivity contribution in [1.82, 2.24) is 0 Å². The third-order valence-electron chi connectivity index (χ3n) is 3.61. The standard InChI is InChI=1S/C19H15F3N2O5/c1-12(18(26)23-15-6-3-5-14(11-15)19(20,21)22)29-17(25)9-8-13-4-2-7-16(10-13)24(27)28/h2-12H,1H3,(H,23,26)/b9-8+/t12-/m1/s1. The summed E-state index contributed by atoms with van der Waals surface area (Å²) in [5, 5.41) is 13.0. The molecule has 0 spiro atoms.